The van der Waals surface area contributed by atoms with Crippen LogP contribution in [0.4, 0.5) is 0 Å². The highest BCUT2D eigenvalue weighted by Gasteiger charge is 2.64. The molecule has 5 fully saturated rings. The van der Waals surface area contributed by atoms with Crippen LogP contribution >= 0.6 is 0 Å². The summed E-state index contributed by atoms with van der Waals surface area (Å²) in [5.41, 5.74) is 0.283. The third-order valence-corrected chi connectivity index (χ3v) is 9.71. The third kappa shape index (κ3) is 2.76. The highest BCUT2D eigenvalue weighted by atomic mass is 16.7. The van der Waals surface area contributed by atoms with E-state index in [9.17, 15) is 5.11 Å². The lowest BCUT2D eigenvalue weighted by molar-refractivity contribution is -0.245. The summed E-state index contributed by atoms with van der Waals surface area (Å²) in [5.74, 6) is 1.96. The fraction of sp³-hybridized carbons (Fsp3) is 1.00. The summed E-state index contributed by atoms with van der Waals surface area (Å²) in [7, 11) is 1.69. The molecule has 0 aromatic heterocycles. The highest BCUT2D eigenvalue weighted by molar-refractivity contribution is 5.13. The van der Waals surface area contributed by atoms with Gasteiger partial charge >= 0.3 is 0 Å². The predicted octanol–water partition coefficient (Wildman–Crippen LogP) is 3.73. The van der Waals surface area contributed by atoms with E-state index >= 15 is 0 Å². The van der Waals surface area contributed by atoms with Gasteiger partial charge in [-0.1, -0.05) is 13.8 Å². The second-order valence-corrected chi connectivity index (χ2v) is 10.8. The van der Waals surface area contributed by atoms with Crippen LogP contribution in [0.1, 0.15) is 65.2 Å². The highest BCUT2D eigenvalue weighted by Crippen LogP contribution is 2.67. The van der Waals surface area contributed by atoms with Crippen molar-refractivity contribution in [3.63, 3.8) is 0 Å². The number of rotatable bonds is 3. The Morgan fingerprint density at radius 2 is 1.75 bits per heavy atom. The Morgan fingerprint density at radius 1 is 0.964 bits per heavy atom. The molecule has 5 nitrogen and oxygen atoms in total. The van der Waals surface area contributed by atoms with Gasteiger partial charge in [0.15, 0.2) is 5.79 Å². The van der Waals surface area contributed by atoms with Gasteiger partial charge in [-0.05, 0) is 73.0 Å². The van der Waals surface area contributed by atoms with Gasteiger partial charge in [0, 0.05) is 20.0 Å². The summed E-state index contributed by atoms with van der Waals surface area (Å²) < 4.78 is 23.4. The maximum atomic E-state index is 11.5. The van der Waals surface area contributed by atoms with E-state index in [1.807, 2.05) is 0 Å². The van der Waals surface area contributed by atoms with Crippen molar-refractivity contribution in [2.24, 2.45) is 34.5 Å². The molecule has 0 radical (unpaired) electrons. The van der Waals surface area contributed by atoms with Gasteiger partial charge in [0.1, 0.15) is 6.79 Å². The molecule has 0 amide bonds. The van der Waals surface area contributed by atoms with Crippen LogP contribution in [0.2, 0.25) is 0 Å². The van der Waals surface area contributed by atoms with Gasteiger partial charge in [-0.25, -0.2) is 0 Å². The zero-order chi connectivity index (χ0) is 19.6. The fourth-order valence-electron chi connectivity index (χ4n) is 8.46. The van der Waals surface area contributed by atoms with Crippen LogP contribution in [0.25, 0.3) is 0 Å². The largest absolute Gasteiger partial charge is 0.393 e. The number of ether oxygens (including phenoxy) is 4. The van der Waals surface area contributed by atoms with Gasteiger partial charge in [-0.15, -0.1) is 0 Å². The van der Waals surface area contributed by atoms with E-state index in [2.05, 4.69) is 13.8 Å². The molecule has 5 aliphatic rings. The summed E-state index contributed by atoms with van der Waals surface area (Å²) in [5, 5.41) is 11.5. The molecule has 1 heterocycles. The lowest BCUT2D eigenvalue weighted by atomic mass is 9.44. The lowest BCUT2D eigenvalue weighted by Crippen LogP contribution is -2.61. The number of aliphatic hydroxyl groups excluding tert-OH is 1. The van der Waals surface area contributed by atoms with Crippen molar-refractivity contribution in [2.75, 3.05) is 27.1 Å². The molecule has 0 unspecified atom stereocenters. The van der Waals surface area contributed by atoms with Gasteiger partial charge in [-0.3, -0.25) is 0 Å². The van der Waals surface area contributed by atoms with E-state index in [4.69, 9.17) is 18.9 Å². The smallest absolute Gasteiger partial charge is 0.168 e. The normalized spacial score (nSPS) is 52.3. The Bertz CT molecular complexity index is 590. The van der Waals surface area contributed by atoms with E-state index in [-0.39, 0.29) is 28.8 Å². The summed E-state index contributed by atoms with van der Waals surface area (Å²) in [6.45, 7) is 6.67. The quantitative estimate of drug-likeness (QED) is 0.739. The molecule has 0 bridgehead atoms. The van der Waals surface area contributed by atoms with Gasteiger partial charge in [-0.2, -0.15) is 0 Å². The summed E-state index contributed by atoms with van der Waals surface area (Å²) in [4.78, 5) is 0. The first kappa shape index (κ1) is 19.7. The van der Waals surface area contributed by atoms with Gasteiger partial charge in [0.25, 0.3) is 0 Å². The van der Waals surface area contributed by atoms with Crippen molar-refractivity contribution in [3.8, 4) is 0 Å². The first-order valence-corrected chi connectivity index (χ1v) is 11.5. The molecule has 28 heavy (non-hydrogen) atoms. The number of hydrogen-bond donors (Lipinski definition) is 1. The zero-order valence-corrected chi connectivity index (χ0v) is 17.8. The van der Waals surface area contributed by atoms with Crippen LogP contribution in [-0.4, -0.2) is 50.2 Å². The van der Waals surface area contributed by atoms with E-state index in [0.29, 0.717) is 30.5 Å². The Labute approximate surface area is 169 Å². The van der Waals surface area contributed by atoms with Crippen LogP contribution in [-0.2, 0) is 18.9 Å². The maximum Gasteiger partial charge on any atom is 0.168 e. The minimum absolute atomic E-state index is 0.0792. The summed E-state index contributed by atoms with van der Waals surface area (Å²) in [6.07, 6.45) is 8.78. The molecule has 0 aromatic carbocycles. The maximum absolute atomic E-state index is 11.5. The molecule has 1 aliphatic heterocycles. The molecule has 8 atom stereocenters. The second kappa shape index (κ2) is 6.91. The molecular formula is C23H38O5. The van der Waals surface area contributed by atoms with Crippen molar-refractivity contribution in [2.45, 2.75) is 83.2 Å². The predicted molar refractivity (Wildman–Crippen MR) is 105 cm³/mol. The SMILES string of the molecule is COCO[C@H]1CC[C@H]2[C@@H]3CC[C@H]4CC5(CC[C@]4(C)[C@H]3[C@@H](O)C[C@]12C)OCCO5. The van der Waals surface area contributed by atoms with Crippen LogP contribution in [0.15, 0.2) is 0 Å². The van der Waals surface area contributed by atoms with E-state index in [1.54, 1.807) is 7.11 Å². The monoisotopic (exact) mass is 394 g/mol. The minimum Gasteiger partial charge on any atom is -0.393 e. The van der Waals surface area contributed by atoms with E-state index in [1.165, 1.54) is 19.3 Å². The van der Waals surface area contributed by atoms with Gasteiger partial charge < -0.3 is 24.1 Å². The van der Waals surface area contributed by atoms with E-state index < -0.39 is 0 Å². The second-order valence-electron chi connectivity index (χ2n) is 10.8. The molecule has 1 saturated heterocycles. The lowest BCUT2D eigenvalue weighted by Gasteiger charge is -2.63. The van der Waals surface area contributed by atoms with Crippen LogP contribution < -0.4 is 0 Å². The van der Waals surface area contributed by atoms with Gasteiger partial charge in [0.05, 0.1) is 25.4 Å². The van der Waals surface area contributed by atoms with Crippen LogP contribution in [0.5, 0.6) is 0 Å². The fourth-order valence-corrected chi connectivity index (χ4v) is 8.46. The molecule has 1 N–H and O–H groups in total. The summed E-state index contributed by atoms with van der Waals surface area (Å²) >= 11 is 0. The minimum atomic E-state index is -0.322. The molecule has 5 rings (SSSR count). The third-order valence-electron chi connectivity index (χ3n) is 9.71. The average Bonchev–Trinajstić information content (AvgIpc) is 3.24. The molecule has 4 saturated carbocycles. The molecule has 1 spiro atoms. The Kier molecular flexibility index (Phi) is 4.87. The first-order chi connectivity index (χ1) is 13.4. The molecule has 0 aromatic rings. The molecule has 5 heteroatoms. The zero-order valence-electron chi connectivity index (χ0n) is 17.8. The van der Waals surface area contributed by atoms with Crippen molar-refractivity contribution in [1.29, 1.82) is 0 Å². The van der Waals surface area contributed by atoms with Crippen LogP contribution in [0.3, 0.4) is 0 Å². The van der Waals surface area contributed by atoms with Crippen molar-refractivity contribution >= 4 is 0 Å². The number of hydrogen-bond acceptors (Lipinski definition) is 5. The standard InChI is InChI=1S/C23H38O5/c1-21-8-9-23(27-10-11-28-23)12-15(21)4-5-16-17-6-7-19(26-14-25-3)22(17,2)13-18(24)20(16)21/h15-20,24H,4-14H2,1-3H3/t15-,16-,17-,18-,19-,20+,21-,22-/m0/s1. The number of methoxy groups -OCH3 is 1. The Morgan fingerprint density at radius 3 is 2.50 bits per heavy atom. The molecular weight excluding hydrogens is 356 g/mol. The average molecular weight is 395 g/mol. The Balaban J connectivity index is 1.39. The topological polar surface area (TPSA) is 57.2 Å². The molecule has 4 aliphatic carbocycles. The Hall–Kier alpha value is -0.200. The van der Waals surface area contributed by atoms with Crippen molar-refractivity contribution in [1.82, 2.24) is 0 Å². The first-order valence-electron chi connectivity index (χ1n) is 11.5. The molecule has 160 valence electrons. The van der Waals surface area contributed by atoms with Crippen LogP contribution in [0, 0.1) is 34.5 Å². The van der Waals surface area contributed by atoms with Crippen molar-refractivity contribution in [3.05, 3.63) is 0 Å². The summed E-state index contributed by atoms with van der Waals surface area (Å²) in [6, 6.07) is 0. The number of fused-ring (bicyclic) bond motifs is 5. The van der Waals surface area contributed by atoms with E-state index in [0.717, 1.165) is 45.3 Å². The number of aliphatic hydroxyl groups is 1. The van der Waals surface area contributed by atoms with Crippen molar-refractivity contribution < 1.29 is 24.1 Å². The van der Waals surface area contributed by atoms with Gasteiger partial charge in [0.2, 0.25) is 0 Å².